The van der Waals surface area contributed by atoms with Gasteiger partial charge >= 0.3 is 6.03 Å². The van der Waals surface area contributed by atoms with E-state index in [9.17, 15) is 9.59 Å². The average Bonchev–Trinajstić information content (AvgIpc) is 2.92. The quantitative estimate of drug-likeness (QED) is 0.833. The van der Waals surface area contributed by atoms with Crippen molar-refractivity contribution in [3.05, 3.63) is 30.3 Å². The number of amides is 3. The van der Waals surface area contributed by atoms with E-state index in [0.717, 1.165) is 31.4 Å². The van der Waals surface area contributed by atoms with Gasteiger partial charge in [-0.05, 0) is 31.4 Å². The van der Waals surface area contributed by atoms with Crippen molar-refractivity contribution in [2.45, 2.75) is 44.6 Å². The number of hydrogen-bond donors (Lipinski definition) is 2. The smallest absolute Gasteiger partial charge is 0.321 e. The molecule has 0 bridgehead atoms. The number of unbranched alkanes of at least 4 members (excludes halogenated alkanes) is 1. The van der Waals surface area contributed by atoms with Crippen LogP contribution in [0.1, 0.15) is 39.0 Å². The van der Waals surface area contributed by atoms with E-state index in [2.05, 4.69) is 17.2 Å². The van der Waals surface area contributed by atoms with Crippen LogP contribution in [0, 0.1) is 5.92 Å². The SMILES string of the molecule is CCCC[C@]1([C@@H]2CCCN(C(=O)Nc3ccccc3)C2)N=C(N)N(C)C1=O. The predicted octanol–water partition coefficient (Wildman–Crippen LogP) is 2.65. The van der Waals surface area contributed by atoms with Gasteiger partial charge in [0.2, 0.25) is 0 Å². The Balaban J connectivity index is 1.77. The Bertz CT molecular complexity index is 720. The molecule has 0 aromatic heterocycles. The van der Waals surface area contributed by atoms with Gasteiger partial charge in [0, 0.05) is 31.7 Å². The molecule has 2 atom stereocenters. The molecule has 1 aromatic rings. The van der Waals surface area contributed by atoms with Crippen LogP contribution in [0.5, 0.6) is 0 Å². The number of nitrogens with one attached hydrogen (secondary N) is 1. The largest absolute Gasteiger partial charge is 0.369 e. The number of anilines is 1. The number of hydrogen-bond acceptors (Lipinski definition) is 4. The highest BCUT2D eigenvalue weighted by atomic mass is 16.2. The Morgan fingerprint density at radius 1 is 1.37 bits per heavy atom. The van der Waals surface area contributed by atoms with E-state index in [4.69, 9.17) is 5.73 Å². The molecule has 2 aliphatic heterocycles. The summed E-state index contributed by atoms with van der Waals surface area (Å²) in [5.41, 5.74) is 5.92. The third-order valence-corrected chi connectivity index (χ3v) is 5.65. The van der Waals surface area contributed by atoms with Crippen LogP contribution in [0.25, 0.3) is 0 Å². The van der Waals surface area contributed by atoms with Gasteiger partial charge in [0.05, 0.1) is 0 Å². The van der Waals surface area contributed by atoms with Crippen LogP contribution in [0.3, 0.4) is 0 Å². The average molecular weight is 371 g/mol. The van der Waals surface area contributed by atoms with Crippen molar-refractivity contribution < 1.29 is 9.59 Å². The van der Waals surface area contributed by atoms with Crippen molar-refractivity contribution >= 4 is 23.6 Å². The lowest BCUT2D eigenvalue weighted by Crippen LogP contribution is -2.54. The number of carbonyl (C=O) groups excluding carboxylic acids is 2. The fourth-order valence-electron chi connectivity index (χ4n) is 4.08. The van der Waals surface area contributed by atoms with Crippen LogP contribution < -0.4 is 11.1 Å². The van der Waals surface area contributed by atoms with Gasteiger partial charge in [-0.2, -0.15) is 0 Å². The first kappa shape index (κ1) is 19.2. The number of nitrogens with zero attached hydrogens (tertiary/aromatic N) is 3. The van der Waals surface area contributed by atoms with Gasteiger partial charge in [0.15, 0.2) is 5.96 Å². The molecule has 3 amide bonds. The highest BCUT2D eigenvalue weighted by Crippen LogP contribution is 2.39. The van der Waals surface area contributed by atoms with E-state index in [1.807, 2.05) is 30.3 Å². The fraction of sp³-hybridized carbons (Fsp3) is 0.550. The number of urea groups is 1. The number of aliphatic imine (C=N–C) groups is 1. The lowest BCUT2D eigenvalue weighted by Gasteiger charge is -2.40. The number of para-hydroxylation sites is 1. The topological polar surface area (TPSA) is 91.0 Å². The fourth-order valence-corrected chi connectivity index (χ4v) is 4.08. The molecule has 0 aliphatic carbocycles. The number of piperidine rings is 1. The zero-order valence-electron chi connectivity index (χ0n) is 16.1. The first-order valence-corrected chi connectivity index (χ1v) is 9.72. The second kappa shape index (κ2) is 7.98. The third kappa shape index (κ3) is 3.77. The second-order valence-electron chi connectivity index (χ2n) is 7.44. The van der Waals surface area contributed by atoms with E-state index in [1.165, 1.54) is 4.90 Å². The molecule has 0 saturated carbocycles. The van der Waals surface area contributed by atoms with Crippen molar-refractivity contribution in [1.29, 1.82) is 0 Å². The summed E-state index contributed by atoms with van der Waals surface area (Å²) in [6.07, 6.45) is 4.29. The molecule has 3 N–H and O–H groups in total. The van der Waals surface area contributed by atoms with Crippen LogP contribution >= 0.6 is 0 Å². The standard InChI is InChI=1S/C20H29N5O2/c1-3-4-12-20(17(26)24(2)18(21)23-20)15-9-8-13-25(14-15)19(27)22-16-10-6-5-7-11-16/h5-7,10-11,15H,3-4,8-9,12-14H2,1-2H3,(H2,21,23)(H,22,27)/t15-,20-/m1/s1. The summed E-state index contributed by atoms with van der Waals surface area (Å²) in [6.45, 7) is 3.30. The minimum atomic E-state index is -0.833. The van der Waals surface area contributed by atoms with Gasteiger partial charge in [-0.25, -0.2) is 9.79 Å². The molecule has 7 nitrogen and oxygen atoms in total. The maximum atomic E-state index is 13.0. The molecule has 7 heteroatoms. The summed E-state index contributed by atoms with van der Waals surface area (Å²) >= 11 is 0. The lowest BCUT2D eigenvalue weighted by molar-refractivity contribution is -0.133. The number of likely N-dealkylation sites (N-methyl/N-ethyl adjacent to an activating group) is 1. The summed E-state index contributed by atoms with van der Waals surface area (Å²) in [5, 5.41) is 2.94. The highest BCUT2D eigenvalue weighted by molar-refractivity contribution is 6.06. The van der Waals surface area contributed by atoms with Gasteiger partial charge < -0.3 is 16.0 Å². The zero-order chi connectivity index (χ0) is 19.4. The Hall–Kier alpha value is -2.57. The van der Waals surface area contributed by atoms with Crippen LogP contribution in [0.15, 0.2) is 35.3 Å². The van der Waals surface area contributed by atoms with Gasteiger partial charge in [-0.1, -0.05) is 38.0 Å². The molecule has 1 aromatic carbocycles. The van der Waals surface area contributed by atoms with E-state index < -0.39 is 5.54 Å². The summed E-state index contributed by atoms with van der Waals surface area (Å²) in [6, 6.07) is 9.28. The molecular formula is C20H29N5O2. The van der Waals surface area contributed by atoms with Crippen molar-refractivity contribution in [1.82, 2.24) is 9.80 Å². The normalized spacial score (nSPS) is 25.5. The van der Waals surface area contributed by atoms with Crippen molar-refractivity contribution in [3.8, 4) is 0 Å². The van der Waals surface area contributed by atoms with Crippen molar-refractivity contribution in [2.75, 3.05) is 25.5 Å². The Kier molecular flexibility index (Phi) is 5.68. The van der Waals surface area contributed by atoms with E-state index in [-0.39, 0.29) is 23.8 Å². The van der Waals surface area contributed by atoms with Crippen molar-refractivity contribution in [3.63, 3.8) is 0 Å². The number of carbonyl (C=O) groups is 2. The van der Waals surface area contributed by atoms with Crippen LogP contribution in [-0.2, 0) is 4.79 Å². The lowest BCUT2D eigenvalue weighted by atomic mass is 9.75. The van der Waals surface area contributed by atoms with Gasteiger partial charge in [0.1, 0.15) is 5.54 Å². The number of benzene rings is 1. The maximum Gasteiger partial charge on any atom is 0.321 e. The van der Waals surface area contributed by atoms with E-state index in [0.29, 0.717) is 19.5 Å². The molecular weight excluding hydrogens is 342 g/mol. The van der Waals surface area contributed by atoms with Crippen molar-refractivity contribution in [2.24, 2.45) is 16.6 Å². The van der Waals surface area contributed by atoms with Crippen LogP contribution in [-0.4, -0.2) is 53.4 Å². The van der Waals surface area contributed by atoms with Crippen LogP contribution in [0.4, 0.5) is 10.5 Å². The summed E-state index contributed by atoms with van der Waals surface area (Å²) < 4.78 is 0. The first-order chi connectivity index (χ1) is 13.0. The minimum absolute atomic E-state index is 0.0182. The molecule has 1 saturated heterocycles. The molecule has 27 heavy (non-hydrogen) atoms. The summed E-state index contributed by atoms with van der Waals surface area (Å²) in [4.78, 5) is 33.6. The van der Waals surface area contributed by atoms with Gasteiger partial charge in [0.25, 0.3) is 5.91 Å². The third-order valence-electron chi connectivity index (χ3n) is 5.65. The first-order valence-electron chi connectivity index (χ1n) is 9.72. The van der Waals surface area contributed by atoms with Gasteiger partial charge in [-0.3, -0.25) is 9.69 Å². The molecule has 0 radical (unpaired) electrons. The number of guanidine groups is 1. The molecule has 0 spiro atoms. The second-order valence-corrected chi connectivity index (χ2v) is 7.44. The summed E-state index contributed by atoms with van der Waals surface area (Å²) in [5.74, 6) is 0.223. The number of likely N-dealkylation sites (tertiary alicyclic amines) is 1. The summed E-state index contributed by atoms with van der Waals surface area (Å²) in [7, 11) is 1.68. The van der Waals surface area contributed by atoms with E-state index in [1.54, 1.807) is 11.9 Å². The monoisotopic (exact) mass is 371 g/mol. The Morgan fingerprint density at radius 2 is 2.11 bits per heavy atom. The van der Waals surface area contributed by atoms with Crippen LogP contribution in [0.2, 0.25) is 0 Å². The highest BCUT2D eigenvalue weighted by Gasteiger charge is 2.52. The molecule has 0 unspecified atom stereocenters. The Morgan fingerprint density at radius 3 is 2.74 bits per heavy atom. The maximum absolute atomic E-state index is 13.0. The zero-order valence-corrected chi connectivity index (χ0v) is 16.1. The number of nitrogens with two attached hydrogens (primary N) is 1. The molecule has 3 rings (SSSR count). The van der Waals surface area contributed by atoms with Gasteiger partial charge in [-0.15, -0.1) is 0 Å². The number of rotatable bonds is 5. The minimum Gasteiger partial charge on any atom is -0.369 e. The molecule has 2 heterocycles. The van der Waals surface area contributed by atoms with E-state index >= 15 is 0 Å². The Labute approximate surface area is 160 Å². The predicted molar refractivity (Wildman–Crippen MR) is 106 cm³/mol. The molecule has 146 valence electrons. The molecule has 2 aliphatic rings. The molecule has 1 fully saturated rings.